The molecular weight excluding hydrogens is 110 g/mol. The van der Waals surface area contributed by atoms with Gasteiger partial charge in [-0.3, -0.25) is 0 Å². The maximum absolute atomic E-state index is 7.32. The van der Waals surface area contributed by atoms with Gasteiger partial charge >= 0.3 is 0 Å². The van der Waals surface area contributed by atoms with Crippen molar-refractivity contribution in [3.05, 3.63) is 24.3 Å². The van der Waals surface area contributed by atoms with E-state index < -0.39 is 0 Å². The molecule has 0 aromatic rings. The maximum atomic E-state index is 7.32. The van der Waals surface area contributed by atoms with Crippen LogP contribution in [-0.2, 0) is 0 Å². The van der Waals surface area contributed by atoms with E-state index in [2.05, 4.69) is 24.3 Å². The number of nitrogens with zero attached hydrogens (tertiary/aromatic N) is 1. The van der Waals surface area contributed by atoms with E-state index >= 15 is 0 Å². The fourth-order valence-corrected chi connectivity index (χ4v) is 0.663. The summed E-state index contributed by atoms with van der Waals surface area (Å²) in [6.07, 6.45) is 0. The molecular formula is C8H7N. The summed E-state index contributed by atoms with van der Waals surface area (Å²) >= 11 is 0. The molecule has 0 saturated heterocycles. The van der Waals surface area contributed by atoms with E-state index in [-0.39, 0.29) is 0 Å². The fourth-order valence-electron chi connectivity index (χ4n) is 0.663. The molecule has 2 aliphatic rings. The molecule has 0 spiro atoms. The second-order valence-corrected chi connectivity index (χ2v) is 1.80. The number of nitriles is 1. The van der Waals surface area contributed by atoms with Crippen LogP contribution >= 0.6 is 0 Å². The quantitative estimate of drug-likeness (QED) is 0.519. The molecule has 0 aromatic heterocycles. The molecule has 0 atom stereocenters. The van der Waals surface area contributed by atoms with E-state index in [1.54, 1.807) is 6.07 Å². The van der Waals surface area contributed by atoms with Gasteiger partial charge in [-0.25, -0.2) is 0 Å². The molecule has 0 saturated carbocycles. The van der Waals surface area contributed by atoms with Gasteiger partial charge in [0.05, 0.1) is 6.07 Å². The van der Waals surface area contributed by atoms with Crippen molar-refractivity contribution in [2.24, 2.45) is 0 Å². The van der Waals surface area contributed by atoms with E-state index in [0.29, 0.717) is 0 Å². The van der Waals surface area contributed by atoms with Crippen LogP contribution in [0, 0.1) is 11.3 Å². The lowest BCUT2D eigenvalue weighted by molar-refractivity contribution is 1.49. The standard InChI is InChI=1S/C6H4.C2H3N/c1-2-6-4-3-5(1)6;1-2-3/h1-4H;1H3. The minimum absolute atomic E-state index is 1.43. The molecule has 1 nitrogen and oxygen atoms in total. The molecule has 0 radical (unpaired) electrons. The molecule has 0 amide bonds. The number of rotatable bonds is 0. The number of hydrogen-bond donors (Lipinski definition) is 0. The van der Waals surface area contributed by atoms with E-state index in [1.165, 1.54) is 18.1 Å². The lowest BCUT2D eigenvalue weighted by atomic mass is 9.95. The molecule has 9 heavy (non-hydrogen) atoms. The first kappa shape index (κ1) is 5.84. The third kappa shape index (κ3) is 0.921. The lowest BCUT2D eigenvalue weighted by Crippen LogP contribution is -1.85. The fraction of sp³-hybridized carbons (Fsp3) is 0.125. The first-order valence-electron chi connectivity index (χ1n) is 2.79. The van der Waals surface area contributed by atoms with Gasteiger partial charge in [-0.2, -0.15) is 5.26 Å². The molecule has 0 aliphatic heterocycles. The van der Waals surface area contributed by atoms with Crippen LogP contribution in [-0.4, -0.2) is 0 Å². The van der Waals surface area contributed by atoms with E-state index in [9.17, 15) is 0 Å². The first-order chi connectivity index (χ1) is 4.38. The van der Waals surface area contributed by atoms with Crippen molar-refractivity contribution in [2.45, 2.75) is 6.92 Å². The van der Waals surface area contributed by atoms with Gasteiger partial charge in [-0.1, -0.05) is 24.3 Å². The Morgan fingerprint density at radius 1 is 1.11 bits per heavy atom. The third-order valence-corrected chi connectivity index (χ3v) is 1.22. The van der Waals surface area contributed by atoms with Crippen molar-refractivity contribution in [1.29, 1.82) is 5.26 Å². The smallest absolute Gasteiger partial charge is 0.0587 e. The topological polar surface area (TPSA) is 23.8 Å². The Balaban J connectivity index is 0.000000120. The Kier molecular flexibility index (Phi) is 1.51. The highest BCUT2D eigenvalue weighted by Crippen LogP contribution is 2.29. The van der Waals surface area contributed by atoms with Crippen molar-refractivity contribution in [3.63, 3.8) is 0 Å². The molecule has 0 unspecified atom stereocenters. The molecule has 0 bridgehead atoms. The Morgan fingerprint density at radius 2 is 1.33 bits per heavy atom. The normalized spacial score (nSPS) is 8.44. The van der Waals surface area contributed by atoms with Crippen LogP contribution in [0.3, 0.4) is 0 Å². The SMILES string of the molecule is CC#N.c1cc2ccc1-2. The van der Waals surface area contributed by atoms with Crippen molar-refractivity contribution >= 4 is 0 Å². The van der Waals surface area contributed by atoms with Crippen LogP contribution in [0.1, 0.15) is 6.92 Å². The maximum Gasteiger partial charge on any atom is 0.0587 e. The van der Waals surface area contributed by atoms with Gasteiger partial charge in [0.2, 0.25) is 0 Å². The monoisotopic (exact) mass is 117 g/mol. The summed E-state index contributed by atoms with van der Waals surface area (Å²) in [6.45, 7) is 1.43. The Labute approximate surface area is 54.6 Å². The van der Waals surface area contributed by atoms with Crippen molar-refractivity contribution in [1.82, 2.24) is 0 Å². The summed E-state index contributed by atoms with van der Waals surface area (Å²) in [7, 11) is 0. The molecule has 0 heterocycles. The molecule has 0 N–H and O–H groups in total. The zero-order valence-corrected chi connectivity index (χ0v) is 5.26. The van der Waals surface area contributed by atoms with Gasteiger partial charge in [0.15, 0.2) is 0 Å². The van der Waals surface area contributed by atoms with Gasteiger partial charge in [0, 0.05) is 6.92 Å². The Hall–Kier alpha value is -1.29. The Morgan fingerprint density at radius 3 is 1.33 bits per heavy atom. The molecule has 44 valence electrons. The summed E-state index contributed by atoms with van der Waals surface area (Å²) in [4.78, 5) is 0. The average molecular weight is 117 g/mol. The third-order valence-electron chi connectivity index (χ3n) is 1.22. The predicted molar refractivity (Wildman–Crippen MR) is 36.7 cm³/mol. The van der Waals surface area contributed by atoms with Gasteiger partial charge in [0.1, 0.15) is 0 Å². The van der Waals surface area contributed by atoms with Crippen molar-refractivity contribution in [2.75, 3.05) is 0 Å². The lowest BCUT2D eigenvalue weighted by Gasteiger charge is -2.10. The van der Waals surface area contributed by atoms with Crippen molar-refractivity contribution in [3.8, 4) is 17.2 Å². The summed E-state index contributed by atoms with van der Waals surface area (Å²) < 4.78 is 0. The largest absolute Gasteiger partial charge is 0.199 e. The summed E-state index contributed by atoms with van der Waals surface area (Å²) in [5.74, 6) is 0. The van der Waals surface area contributed by atoms with E-state index in [0.717, 1.165) is 0 Å². The van der Waals surface area contributed by atoms with Gasteiger partial charge in [0.25, 0.3) is 0 Å². The van der Waals surface area contributed by atoms with Gasteiger partial charge < -0.3 is 0 Å². The molecule has 2 aliphatic carbocycles. The number of hydrogen-bond acceptors (Lipinski definition) is 1. The highest BCUT2D eigenvalue weighted by molar-refractivity contribution is 5.75. The van der Waals surface area contributed by atoms with Crippen LogP contribution in [0.4, 0.5) is 0 Å². The molecule has 0 fully saturated rings. The minimum Gasteiger partial charge on any atom is -0.199 e. The van der Waals surface area contributed by atoms with Crippen LogP contribution < -0.4 is 0 Å². The number of benzene rings is 1. The average Bonchev–Trinajstić information content (AvgIpc) is 1.81. The summed E-state index contributed by atoms with van der Waals surface area (Å²) in [6, 6.07) is 10.2. The zero-order chi connectivity index (χ0) is 6.69. The zero-order valence-electron chi connectivity index (χ0n) is 5.26. The van der Waals surface area contributed by atoms with E-state index in [4.69, 9.17) is 5.26 Å². The highest BCUT2D eigenvalue weighted by Gasteiger charge is 2.03. The van der Waals surface area contributed by atoms with Gasteiger partial charge in [-0.15, -0.1) is 0 Å². The molecule has 1 heteroatoms. The van der Waals surface area contributed by atoms with Gasteiger partial charge in [-0.05, 0) is 11.1 Å². The summed E-state index contributed by atoms with van der Waals surface area (Å²) in [5, 5.41) is 7.32. The molecule has 2 rings (SSSR count). The van der Waals surface area contributed by atoms with Crippen LogP contribution in [0.5, 0.6) is 0 Å². The Bertz CT molecular complexity index is 207. The highest BCUT2D eigenvalue weighted by atomic mass is 14.2. The van der Waals surface area contributed by atoms with Crippen LogP contribution in [0.15, 0.2) is 24.3 Å². The molecule has 0 aromatic carbocycles. The first-order valence-corrected chi connectivity index (χ1v) is 2.79. The minimum atomic E-state index is 1.43. The summed E-state index contributed by atoms with van der Waals surface area (Å²) in [5.41, 5.74) is 2.85. The van der Waals surface area contributed by atoms with Crippen LogP contribution in [0.2, 0.25) is 0 Å². The second kappa shape index (κ2) is 2.32. The number of fused-ring (bicyclic) bond motifs is 1. The van der Waals surface area contributed by atoms with Crippen LogP contribution in [0.25, 0.3) is 11.1 Å². The van der Waals surface area contributed by atoms with Crippen molar-refractivity contribution < 1.29 is 0 Å². The van der Waals surface area contributed by atoms with E-state index in [1.807, 2.05) is 0 Å². The second-order valence-electron chi connectivity index (χ2n) is 1.80. The predicted octanol–water partition coefficient (Wildman–Crippen LogP) is 2.20.